The third-order valence-electron chi connectivity index (χ3n) is 2.84. The number of carbonyl (C=O) groups excluding carboxylic acids is 1. The van der Waals surface area contributed by atoms with Crippen molar-refractivity contribution < 1.29 is 9.72 Å². The minimum atomic E-state index is -0.475. The first-order chi connectivity index (χ1) is 9.63. The van der Waals surface area contributed by atoms with Crippen LogP contribution in [0, 0.1) is 10.1 Å². The van der Waals surface area contributed by atoms with Crippen LogP contribution < -0.4 is 4.90 Å². The van der Waals surface area contributed by atoms with E-state index in [9.17, 15) is 14.9 Å². The second kappa shape index (κ2) is 6.29. The van der Waals surface area contributed by atoms with E-state index in [2.05, 4.69) is 0 Å². The molecule has 2 rings (SSSR count). The zero-order chi connectivity index (χ0) is 14.5. The summed E-state index contributed by atoms with van der Waals surface area (Å²) in [5.74, 6) is -0.139. The van der Waals surface area contributed by atoms with Crippen molar-refractivity contribution in [3.8, 4) is 0 Å². The quantitative estimate of drug-likeness (QED) is 0.623. The van der Waals surface area contributed by atoms with Gasteiger partial charge in [0.15, 0.2) is 0 Å². The molecule has 104 valence electrons. The maximum atomic E-state index is 12.5. The van der Waals surface area contributed by atoms with Crippen molar-refractivity contribution in [2.24, 2.45) is 0 Å². The molecule has 1 amide bonds. The number of hydrogen-bond acceptors (Lipinski definition) is 4. The third-order valence-corrected chi connectivity index (χ3v) is 3.51. The second-order valence-electron chi connectivity index (χ2n) is 4.24. The molecule has 0 unspecified atom stereocenters. The van der Waals surface area contributed by atoms with Gasteiger partial charge in [0.25, 0.3) is 11.6 Å². The van der Waals surface area contributed by atoms with Gasteiger partial charge in [0.05, 0.1) is 10.6 Å². The molecule has 0 bridgehead atoms. The highest BCUT2D eigenvalue weighted by molar-refractivity contribution is 7.08. The zero-order valence-electron chi connectivity index (χ0n) is 11.0. The molecular formula is C14H14N2O3S. The first-order valence-electron chi connectivity index (χ1n) is 6.22. The average molecular weight is 290 g/mol. The maximum absolute atomic E-state index is 12.5. The van der Waals surface area contributed by atoms with E-state index in [-0.39, 0.29) is 11.6 Å². The SMILES string of the molecule is CCCN(C(=O)c1ccc([N+](=O)[O-])cc1)c1ccsc1. The Morgan fingerprint density at radius 3 is 2.50 bits per heavy atom. The van der Waals surface area contributed by atoms with Crippen molar-refractivity contribution in [1.82, 2.24) is 0 Å². The smallest absolute Gasteiger partial charge is 0.269 e. The molecule has 0 atom stereocenters. The molecule has 0 saturated heterocycles. The fourth-order valence-electron chi connectivity index (χ4n) is 1.86. The predicted octanol–water partition coefficient (Wildman–Crippen LogP) is 3.71. The summed E-state index contributed by atoms with van der Waals surface area (Å²) >= 11 is 1.53. The topological polar surface area (TPSA) is 63.5 Å². The number of nitrogens with zero attached hydrogens (tertiary/aromatic N) is 2. The third kappa shape index (κ3) is 3.03. The highest BCUT2D eigenvalue weighted by atomic mass is 32.1. The van der Waals surface area contributed by atoms with Crippen LogP contribution in [0.4, 0.5) is 11.4 Å². The van der Waals surface area contributed by atoms with E-state index in [1.54, 1.807) is 4.90 Å². The lowest BCUT2D eigenvalue weighted by Crippen LogP contribution is -2.31. The number of rotatable bonds is 5. The molecule has 0 N–H and O–H groups in total. The summed E-state index contributed by atoms with van der Waals surface area (Å²) in [6.07, 6.45) is 0.842. The van der Waals surface area contributed by atoms with E-state index in [0.29, 0.717) is 12.1 Å². The molecule has 0 spiro atoms. The van der Waals surface area contributed by atoms with Crippen molar-refractivity contribution in [2.45, 2.75) is 13.3 Å². The number of thiophene rings is 1. The van der Waals surface area contributed by atoms with Gasteiger partial charge in [-0.3, -0.25) is 14.9 Å². The summed E-state index contributed by atoms with van der Waals surface area (Å²) in [7, 11) is 0. The first kappa shape index (κ1) is 14.2. The Kier molecular flexibility index (Phi) is 4.47. The summed E-state index contributed by atoms with van der Waals surface area (Å²) in [6.45, 7) is 2.62. The van der Waals surface area contributed by atoms with Crippen molar-refractivity contribution in [1.29, 1.82) is 0 Å². The van der Waals surface area contributed by atoms with Crippen LogP contribution in [0.1, 0.15) is 23.7 Å². The zero-order valence-corrected chi connectivity index (χ0v) is 11.8. The molecule has 0 aliphatic heterocycles. The number of benzene rings is 1. The van der Waals surface area contributed by atoms with Crippen molar-refractivity contribution in [3.63, 3.8) is 0 Å². The van der Waals surface area contributed by atoms with Gasteiger partial charge in [-0.25, -0.2) is 0 Å². The van der Waals surface area contributed by atoms with E-state index in [1.807, 2.05) is 23.8 Å². The van der Waals surface area contributed by atoms with E-state index in [1.165, 1.54) is 35.6 Å². The first-order valence-corrected chi connectivity index (χ1v) is 7.16. The van der Waals surface area contributed by atoms with Gasteiger partial charge >= 0.3 is 0 Å². The highest BCUT2D eigenvalue weighted by Crippen LogP contribution is 2.21. The largest absolute Gasteiger partial charge is 0.308 e. The van der Waals surface area contributed by atoms with Gasteiger partial charge in [-0.2, -0.15) is 11.3 Å². The average Bonchev–Trinajstić information content (AvgIpc) is 2.98. The van der Waals surface area contributed by atoms with E-state index >= 15 is 0 Å². The van der Waals surface area contributed by atoms with Crippen LogP contribution in [0.2, 0.25) is 0 Å². The van der Waals surface area contributed by atoms with Crippen molar-refractivity contribution in [3.05, 3.63) is 56.8 Å². The van der Waals surface area contributed by atoms with Gasteiger partial charge in [-0.05, 0) is 30.0 Å². The van der Waals surface area contributed by atoms with Gasteiger partial charge in [-0.15, -0.1) is 0 Å². The molecule has 20 heavy (non-hydrogen) atoms. The molecule has 1 aromatic heterocycles. The van der Waals surface area contributed by atoms with Crippen LogP contribution in [-0.2, 0) is 0 Å². The van der Waals surface area contributed by atoms with Gasteiger partial charge in [0.2, 0.25) is 0 Å². The van der Waals surface area contributed by atoms with E-state index in [4.69, 9.17) is 0 Å². The van der Waals surface area contributed by atoms with Gasteiger partial charge in [0.1, 0.15) is 0 Å². The second-order valence-corrected chi connectivity index (χ2v) is 5.02. The van der Waals surface area contributed by atoms with Crippen LogP contribution >= 0.6 is 11.3 Å². The number of amides is 1. The summed E-state index contributed by atoms with van der Waals surface area (Å²) in [5.41, 5.74) is 1.30. The normalized spacial score (nSPS) is 10.2. The van der Waals surface area contributed by atoms with Crippen LogP contribution in [0.15, 0.2) is 41.1 Å². The molecule has 0 radical (unpaired) electrons. The minimum Gasteiger partial charge on any atom is -0.308 e. The fraction of sp³-hybridized carbons (Fsp3) is 0.214. The Morgan fingerprint density at radius 1 is 1.30 bits per heavy atom. The van der Waals surface area contributed by atoms with Crippen LogP contribution in [-0.4, -0.2) is 17.4 Å². The maximum Gasteiger partial charge on any atom is 0.269 e. The molecule has 5 nitrogen and oxygen atoms in total. The summed E-state index contributed by atoms with van der Waals surface area (Å²) in [5, 5.41) is 14.5. The lowest BCUT2D eigenvalue weighted by molar-refractivity contribution is -0.384. The Labute approximate surface area is 120 Å². The molecular weight excluding hydrogens is 276 g/mol. The molecule has 0 aliphatic rings. The monoisotopic (exact) mass is 290 g/mol. The highest BCUT2D eigenvalue weighted by Gasteiger charge is 2.18. The number of hydrogen-bond donors (Lipinski definition) is 0. The Balaban J connectivity index is 2.25. The van der Waals surface area contributed by atoms with Gasteiger partial charge in [0, 0.05) is 29.6 Å². The summed E-state index contributed by atoms with van der Waals surface area (Å²) in [6, 6.07) is 7.59. The fourth-order valence-corrected chi connectivity index (χ4v) is 2.51. The Bertz CT molecular complexity index is 593. The molecule has 0 fully saturated rings. The van der Waals surface area contributed by atoms with Crippen LogP contribution in [0.3, 0.4) is 0 Å². The Hall–Kier alpha value is -2.21. The number of carbonyl (C=O) groups is 1. The standard InChI is InChI=1S/C14H14N2O3S/c1-2-8-15(13-7-9-20-10-13)14(17)11-3-5-12(6-4-11)16(18)19/h3-7,9-10H,2,8H2,1H3. The lowest BCUT2D eigenvalue weighted by Gasteiger charge is -2.20. The molecule has 0 saturated carbocycles. The molecule has 6 heteroatoms. The van der Waals surface area contributed by atoms with Gasteiger partial charge < -0.3 is 4.90 Å². The van der Waals surface area contributed by atoms with Crippen LogP contribution in [0.5, 0.6) is 0 Å². The number of anilines is 1. The predicted molar refractivity (Wildman–Crippen MR) is 79.4 cm³/mol. The molecule has 1 heterocycles. The van der Waals surface area contributed by atoms with Crippen molar-refractivity contribution in [2.75, 3.05) is 11.4 Å². The molecule has 0 aliphatic carbocycles. The number of nitro groups is 1. The minimum absolute atomic E-state index is 0.0147. The van der Waals surface area contributed by atoms with Gasteiger partial charge in [-0.1, -0.05) is 6.92 Å². The summed E-state index contributed by atoms with van der Waals surface area (Å²) < 4.78 is 0. The van der Waals surface area contributed by atoms with Crippen LogP contribution in [0.25, 0.3) is 0 Å². The van der Waals surface area contributed by atoms with E-state index in [0.717, 1.165) is 12.1 Å². The summed E-state index contributed by atoms with van der Waals surface area (Å²) in [4.78, 5) is 24.3. The van der Waals surface area contributed by atoms with E-state index < -0.39 is 4.92 Å². The molecule has 1 aromatic carbocycles. The van der Waals surface area contributed by atoms with Crippen molar-refractivity contribution >= 4 is 28.6 Å². The molecule has 2 aromatic rings. The Morgan fingerprint density at radius 2 is 2.00 bits per heavy atom. The lowest BCUT2D eigenvalue weighted by atomic mass is 10.1. The number of non-ortho nitro benzene ring substituents is 1. The number of nitro benzene ring substituents is 1.